The fraction of sp³-hybridized carbons (Fsp3) is 0.368. The summed E-state index contributed by atoms with van der Waals surface area (Å²) < 4.78 is 16.7. The van der Waals surface area contributed by atoms with Crippen LogP contribution in [0.4, 0.5) is 5.69 Å². The van der Waals surface area contributed by atoms with Crippen LogP contribution < -0.4 is 14.8 Å². The van der Waals surface area contributed by atoms with Crippen molar-refractivity contribution >= 4 is 5.69 Å². The Bertz CT molecular complexity index is 606. The summed E-state index contributed by atoms with van der Waals surface area (Å²) in [6.07, 6.45) is 2.48. The molecule has 0 saturated carbocycles. The van der Waals surface area contributed by atoms with Gasteiger partial charge in [0.05, 0.1) is 13.2 Å². The lowest BCUT2D eigenvalue weighted by Gasteiger charge is -2.13. The van der Waals surface area contributed by atoms with Crippen molar-refractivity contribution in [3.63, 3.8) is 0 Å². The van der Waals surface area contributed by atoms with E-state index in [4.69, 9.17) is 14.2 Å². The normalized spacial score (nSPS) is 17.0. The van der Waals surface area contributed by atoms with Crippen LogP contribution in [0.25, 0.3) is 0 Å². The molecule has 1 aliphatic heterocycles. The van der Waals surface area contributed by atoms with Crippen molar-refractivity contribution in [1.29, 1.82) is 0 Å². The van der Waals surface area contributed by atoms with E-state index in [9.17, 15) is 0 Å². The van der Waals surface area contributed by atoms with Gasteiger partial charge in [-0.05, 0) is 43.2 Å². The molecule has 2 aromatic carbocycles. The summed E-state index contributed by atoms with van der Waals surface area (Å²) in [4.78, 5) is 0. The summed E-state index contributed by atoms with van der Waals surface area (Å²) in [6.45, 7) is 2.22. The molecule has 0 amide bonds. The van der Waals surface area contributed by atoms with E-state index in [1.54, 1.807) is 7.11 Å². The molecule has 1 fully saturated rings. The molecule has 2 aromatic rings. The van der Waals surface area contributed by atoms with E-state index in [0.717, 1.165) is 48.7 Å². The molecule has 4 heteroatoms. The van der Waals surface area contributed by atoms with Gasteiger partial charge in [0, 0.05) is 24.4 Å². The highest BCUT2D eigenvalue weighted by Crippen LogP contribution is 2.21. The topological polar surface area (TPSA) is 39.7 Å². The second-order valence-electron chi connectivity index (χ2n) is 5.64. The summed E-state index contributed by atoms with van der Waals surface area (Å²) in [5, 5.41) is 3.40. The molecule has 1 N–H and O–H groups in total. The highest BCUT2D eigenvalue weighted by atomic mass is 16.5. The summed E-state index contributed by atoms with van der Waals surface area (Å²) >= 11 is 0. The van der Waals surface area contributed by atoms with Crippen LogP contribution in [0.3, 0.4) is 0 Å². The van der Waals surface area contributed by atoms with E-state index in [2.05, 4.69) is 11.4 Å². The first-order valence-corrected chi connectivity index (χ1v) is 8.05. The largest absolute Gasteiger partial charge is 0.496 e. The molecule has 1 aliphatic rings. The van der Waals surface area contributed by atoms with Crippen molar-refractivity contribution in [2.24, 2.45) is 0 Å². The third-order valence-electron chi connectivity index (χ3n) is 3.99. The predicted octanol–water partition coefficient (Wildman–Crippen LogP) is 3.87. The Hall–Kier alpha value is -2.20. The van der Waals surface area contributed by atoms with E-state index < -0.39 is 0 Å². The Kier molecular flexibility index (Phi) is 5.37. The van der Waals surface area contributed by atoms with E-state index in [-0.39, 0.29) is 6.10 Å². The van der Waals surface area contributed by atoms with Crippen molar-refractivity contribution in [2.45, 2.75) is 25.5 Å². The lowest BCUT2D eigenvalue weighted by atomic mass is 10.2. The van der Waals surface area contributed by atoms with Gasteiger partial charge in [0.25, 0.3) is 0 Å². The zero-order valence-electron chi connectivity index (χ0n) is 13.5. The number of para-hydroxylation sites is 1. The molecular formula is C19H23NO3. The molecule has 122 valence electrons. The van der Waals surface area contributed by atoms with E-state index in [0.29, 0.717) is 6.61 Å². The van der Waals surface area contributed by atoms with E-state index in [1.807, 2.05) is 42.5 Å². The lowest BCUT2D eigenvalue weighted by Crippen LogP contribution is -2.16. The summed E-state index contributed by atoms with van der Waals surface area (Å²) in [5.41, 5.74) is 2.19. The third-order valence-corrected chi connectivity index (χ3v) is 3.99. The number of hydrogen-bond acceptors (Lipinski definition) is 4. The number of ether oxygens (including phenoxy) is 3. The van der Waals surface area contributed by atoms with Crippen LogP contribution in [0.15, 0.2) is 48.5 Å². The number of anilines is 1. The molecule has 4 nitrogen and oxygen atoms in total. The maximum absolute atomic E-state index is 5.77. The maximum Gasteiger partial charge on any atom is 0.123 e. The minimum atomic E-state index is 0.248. The van der Waals surface area contributed by atoms with Crippen LogP contribution in [0.5, 0.6) is 11.5 Å². The molecule has 23 heavy (non-hydrogen) atoms. The standard InChI is InChI=1S/C19H23NO3/c1-21-19-7-3-2-5-15(19)13-20-16-8-10-17(11-9-16)23-14-18-6-4-12-22-18/h2-3,5,7-11,18,20H,4,6,12-14H2,1H3. The Morgan fingerprint density at radius 1 is 1.13 bits per heavy atom. The minimum Gasteiger partial charge on any atom is -0.496 e. The fourth-order valence-electron chi connectivity index (χ4n) is 2.68. The first-order chi connectivity index (χ1) is 11.3. The summed E-state index contributed by atoms with van der Waals surface area (Å²) in [7, 11) is 1.69. The molecule has 0 spiro atoms. The minimum absolute atomic E-state index is 0.248. The molecule has 0 aromatic heterocycles. The summed E-state index contributed by atoms with van der Waals surface area (Å²) in [6, 6.07) is 16.0. The molecule has 0 radical (unpaired) electrons. The number of rotatable bonds is 7. The van der Waals surface area contributed by atoms with Crippen molar-refractivity contribution in [3.05, 3.63) is 54.1 Å². The number of hydrogen-bond donors (Lipinski definition) is 1. The van der Waals surface area contributed by atoms with Gasteiger partial charge in [0.2, 0.25) is 0 Å². The average Bonchev–Trinajstić information content (AvgIpc) is 3.13. The van der Waals surface area contributed by atoms with Gasteiger partial charge in [-0.1, -0.05) is 18.2 Å². The maximum atomic E-state index is 5.77. The Morgan fingerprint density at radius 3 is 2.70 bits per heavy atom. The first-order valence-electron chi connectivity index (χ1n) is 8.05. The molecule has 1 saturated heterocycles. The number of nitrogens with one attached hydrogen (secondary N) is 1. The first kappa shape index (κ1) is 15.7. The van der Waals surface area contributed by atoms with Crippen molar-refractivity contribution in [2.75, 3.05) is 25.6 Å². The highest BCUT2D eigenvalue weighted by Gasteiger charge is 2.15. The van der Waals surface area contributed by atoms with Gasteiger partial charge in [0.1, 0.15) is 18.1 Å². The van der Waals surface area contributed by atoms with Crippen molar-refractivity contribution in [3.8, 4) is 11.5 Å². The fourth-order valence-corrected chi connectivity index (χ4v) is 2.68. The molecule has 1 unspecified atom stereocenters. The third kappa shape index (κ3) is 4.39. The van der Waals surface area contributed by atoms with Crippen LogP contribution >= 0.6 is 0 Å². The van der Waals surface area contributed by atoms with Crippen LogP contribution in [0.2, 0.25) is 0 Å². The molecule has 0 aliphatic carbocycles. The van der Waals surface area contributed by atoms with Crippen molar-refractivity contribution in [1.82, 2.24) is 0 Å². The van der Waals surface area contributed by atoms with Gasteiger partial charge < -0.3 is 19.5 Å². The van der Waals surface area contributed by atoms with Crippen molar-refractivity contribution < 1.29 is 14.2 Å². The molecule has 3 rings (SSSR count). The van der Waals surface area contributed by atoms with Gasteiger partial charge in [0.15, 0.2) is 0 Å². The second-order valence-corrected chi connectivity index (χ2v) is 5.64. The molecular weight excluding hydrogens is 290 g/mol. The highest BCUT2D eigenvalue weighted by molar-refractivity contribution is 5.47. The van der Waals surface area contributed by atoms with Crippen LogP contribution in [0, 0.1) is 0 Å². The lowest BCUT2D eigenvalue weighted by molar-refractivity contribution is 0.0679. The monoisotopic (exact) mass is 313 g/mol. The van der Waals surface area contributed by atoms with Crippen LogP contribution in [-0.4, -0.2) is 26.4 Å². The zero-order valence-corrected chi connectivity index (χ0v) is 13.5. The Balaban J connectivity index is 1.50. The molecule has 1 heterocycles. The second kappa shape index (κ2) is 7.88. The average molecular weight is 313 g/mol. The van der Waals surface area contributed by atoms with Gasteiger partial charge in [-0.2, -0.15) is 0 Å². The van der Waals surface area contributed by atoms with Gasteiger partial charge in [-0.15, -0.1) is 0 Å². The number of benzene rings is 2. The number of methoxy groups -OCH3 is 1. The smallest absolute Gasteiger partial charge is 0.123 e. The van der Waals surface area contributed by atoms with Crippen LogP contribution in [0.1, 0.15) is 18.4 Å². The molecule has 0 bridgehead atoms. The van der Waals surface area contributed by atoms with E-state index in [1.165, 1.54) is 0 Å². The Morgan fingerprint density at radius 2 is 1.96 bits per heavy atom. The SMILES string of the molecule is COc1ccccc1CNc1ccc(OCC2CCCO2)cc1. The predicted molar refractivity (Wildman–Crippen MR) is 91.2 cm³/mol. The van der Waals surface area contributed by atoms with Gasteiger partial charge >= 0.3 is 0 Å². The quantitative estimate of drug-likeness (QED) is 0.842. The van der Waals surface area contributed by atoms with Gasteiger partial charge in [-0.25, -0.2) is 0 Å². The molecule has 1 atom stereocenters. The zero-order chi connectivity index (χ0) is 15.9. The van der Waals surface area contributed by atoms with E-state index >= 15 is 0 Å². The van der Waals surface area contributed by atoms with Gasteiger partial charge in [-0.3, -0.25) is 0 Å². The summed E-state index contributed by atoms with van der Waals surface area (Å²) in [5.74, 6) is 1.78. The Labute approximate surface area is 137 Å². The van der Waals surface area contributed by atoms with Crippen LogP contribution in [-0.2, 0) is 11.3 Å².